The van der Waals surface area contributed by atoms with E-state index in [0.29, 0.717) is 0 Å². The van der Waals surface area contributed by atoms with Crippen LogP contribution in [0.5, 0.6) is 0 Å². The Balaban J connectivity index is 1.62. The van der Waals surface area contributed by atoms with Gasteiger partial charge in [-0.3, -0.25) is 4.90 Å². The standard InChI is InChI=1S/C14H22N6OS/c1-3-4-5-20-13(16-17-18-20)9-19-6-7-21-12(8-19)14-15-11(2)10-22-14/h10,12H,3-9H2,1-2H3/t12-/m1/s1. The molecule has 0 aliphatic carbocycles. The quantitative estimate of drug-likeness (QED) is 0.808. The first-order valence-corrected chi connectivity index (χ1v) is 8.65. The first-order valence-electron chi connectivity index (χ1n) is 7.77. The lowest BCUT2D eigenvalue weighted by molar-refractivity contribution is -0.0341. The van der Waals surface area contributed by atoms with Crippen LogP contribution < -0.4 is 0 Å². The monoisotopic (exact) mass is 322 g/mol. The molecule has 0 aromatic carbocycles. The molecule has 0 saturated carbocycles. The summed E-state index contributed by atoms with van der Waals surface area (Å²) in [7, 11) is 0. The molecule has 3 heterocycles. The average Bonchev–Trinajstić information content (AvgIpc) is 3.15. The summed E-state index contributed by atoms with van der Waals surface area (Å²) in [4.78, 5) is 6.89. The molecule has 8 heteroatoms. The zero-order valence-electron chi connectivity index (χ0n) is 13.1. The molecule has 22 heavy (non-hydrogen) atoms. The molecule has 120 valence electrons. The number of thiazole rings is 1. The molecule has 2 aromatic rings. The van der Waals surface area contributed by atoms with E-state index in [9.17, 15) is 0 Å². The van der Waals surface area contributed by atoms with Gasteiger partial charge in [-0.2, -0.15) is 0 Å². The second-order valence-electron chi connectivity index (χ2n) is 5.59. The minimum absolute atomic E-state index is 0.0624. The molecule has 0 unspecified atom stereocenters. The van der Waals surface area contributed by atoms with E-state index in [1.165, 1.54) is 0 Å². The van der Waals surface area contributed by atoms with Gasteiger partial charge in [0.25, 0.3) is 0 Å². The molecule has 2 aromatic heterocycles. The number of rotatable bonds is 6. The van der Waals surface area contributed by atoms with Gasteiger partial charge in [0.05, 0.1) is 13.2 Å². The number of aromatic nitrogens is 5. The molecule has 0 radical (unpaired) electrons. The molecule has 3 rings (SSSR count). The smallest absolute Gasteiger partial charge is 0.165 e. The maximum absolute atomic E-state index is 5.87. The van der Waals surface area contributed by atoms with Crippen LogP contribution in [0.25, 0.3) is 0 Å². The van der Waals surface area contributed by atoms with Crippen molar-refractivity contribution in [2.45, 2.75) is 45.9 Å². The van der Waals surface area contributed by atoms with E-state index in [0.717, 1.165) is 62.2 Å². The van der Waals surface area contributed by atoms with Gasteiger partial charge in [0.1, 0.15) is 11.1 Å². The molecule has 0 bridgehead atoms. The summed E-state index contributed by atoms with van der Waals surface area (Å²) in [6.07, 6.45) is 2.30. The van der Waals surface area contributed by atoms with E-state index in [2.05, 4.69) is 37.7 Å². The molecule has 1 atom stereocenters. The van der Waals surface area contributed by atoms with Crippen molar-refractivity contribution in [1.82, 2.24) is 30.1 Å². The van der Waals surface area contributed by atoms with Crippen LogP contribution in [0, 0.1) is 6.92 Å². The van der Waals surface area contributed by atoms with Gasteiger partial charge < -0.3 is 4.74 Å². The van der Waals surface area contributed by atoms with Crippen molar-refractivity contribution in [1.29, 1.82) is 0 Å². The second kappa shape index (κ2) is 7.26. The molecule has 0 spiro atoms. The molecule has 0 N–H and O–H groups in total. The van der Waals surface area contributed by atoms with Crippen LogP contribution in [0.1, 0.15) is 42.4 Å². The molecule has 1 aliphatic heterocycles. The van der Waals surface area contributed by atoms with E-state index in [-0.39, 0.29) is 6.10 Å². The number of hydrogen-bond donors (Lipinski definition) is 0. The SMILES string of the molecule is CCCCn1nnnc1CN1CCO[C@@H](c2nc(C)cs2)C1. The van der Waals surface area contributed by atoms with E-state index >= 15 is 0 Å². The topological polar surface area (TPSA) is 69.0 Å². The van der Waals surface area contributed by atoms with Crippen LogP contribution in [0.4, 0.5) is 0 Å². The number of unbranched alkanes of at least 4 members (excludes halogenated alkanes) is 1. The summed E-state index contributed by atoms with van der Waals surface area (Å²) >= 11 is 1.67. The van der Waals surface area contributed by atoms with E-state index in [1.807, 2.05) is 11.6 Å². The average molecular weight is 322 g/mol. The lowest BCUT2D eigenvalue weighted by Crippen LogP contribution is -2.38. The zero-order chi connectivity index (χ0) is 15.4. The van der Waals surface area contributed by atoms with Crippen molar-refractivity contribution in [2.24, 2.45) is 0 Å². The summed E-state index contributed by atoms with van der Waals surface area (Å²) in [6.45, 7) is 8.31. The van der Waals surface area contributed by atoms with Crippen molar-refractivity contribution < 1.29 is 4.74 Å². The van der Waals surface area contributed by atoms with Gasteiger partial charge in [0.2, 0.25) is 0 Å². The number of nitrogens with zero attached hydrogens (tertiary/aromatic N) is 6. The van der Waals surface area contributed by atoms with E-state index in [1.54, 1.807) is 11.3 Å². The maximum Gasteiger partial charge on any atom is 0.165 e. The summed E-state index contributed by atoms with van der Waals surface area (Å²) in [6, 6.07) is 0. The Kier molecular flexibility index (Phi) is 5.12. The van der Waals surface area contributed by atoms with Crippen LogP contribution >= 0.6 is 11.3 Å². The normalized spacial score (nSPS) is 19.6. The molecule has 7 nitrogen and oxygen atoms in total. The predicted octanol–water partition coefficient (Wildman–Crippen LogP) is 1.81. The van der Waals surface area contributed by atoms with Gasteiger partial charge >= 0.3 is 0 Å². The molecular formula is C14H22N6OS. The highest BCUT2D eigenvalue weighted by molar-refractivity contribution is 7.09. The highest BCUT2D eigenvalue weighted by atomic mass is 32.1. The van der Waals surface area contributed by atoms with Crippen molar-refractivity contribution in [2.75, 3.05) is 19.7 Å². The van der Waals surface area contributed by atoms with Crippen LogP contribution in [0.15, 0.2) is 5.38 Å². The van der Waals surface area contributed by atoms with Crippen LogP contribution in [-0.2, 0) is 17.8 Å². The fourth-order valence-electron chi connectivity index (χ4n) is 2.53. The summed E-state index contributed by atoms with van der Waals surface area (Å²) in [5.41, 5.74) is 1.06. The van der Waals surface area contributed by atoms with Crippen molar-refractivity contribution in [3.63, 3.8) is 0 Å². The third-order valence-electron chi connectivity index (χ3n) is 3.76. The predicted molar refractivity (Wildman–Crippen MR) is 83.5 cm³/mol. The fraction of sp³-hybridized carbons (Fsp3) is 0.714. The number of aryl methyl sites for hydroxylation is 2. The summed E-state index contributed by atoms with van der Waals surface area (Å²) in [5, 5.41) is 15.2. The lowest BCUT2D eigenvalue weighted by atomic mass is 10.2. The number of hydrogen-bond acceptors (Lipinski definition) is 7. The summed E-state index contributed by atoms with van der Waals surface area (Å²) in [5.74, 6) is 0.935. The number of ether oxygens (including phenoxy) is 1. The first kappa shape index (κ1) is 15.5. The number of morpholine rings is 1. The molecule has 0 amide bonds. The summed E-state index contributed by atoms with van der Waals surface area (Å²) < 4.78 is 7.79. The van der Waals surface area contributed by atoms with Crippen molar-refractivity contribution in [3.8, 4) is 0 Å². The third kappa shape index (κ3) is 3.68. The lowest BCUT2D eigenvalue weighted by Gasteiger charge is -2.31. The Morgan fingerprint density at radius 2 is 2.36 bits per heavy atom. The second-order valence-corrected chi connectivity index (χ2v) is 6.48. The Labute approximate surface area is 134 Å². The Morgan fingerprint density at radius 3 is 3.14 bits per heavy atom. The zero-order valence-corrected chi connectivity index (χ0v) is 13.9. The fourth-order valence-corrected chi connectivity index (χ4v) is 3.37. The van der Waals surface area contributed by atoms with Gasteiger partial charge in [0.15, 0.2) is 5.82 Å². The van der Waals surface area contributed by atoms with Gasteiger partial charge in [0, 0.05) is 30.7 Å². The minimum Gasteiger partial charge on any atom is -0.368 e. The molecule has 1 fully saturated rings. The highest BCUT2D eigenvalue weighted by Crippen LogP contribution is 2.25. The van der Waals surface area contributed by atoms with Gasteiger partial charge in [-0.15, -0.1) is 16.4 Å². The van der Waals surface area contributed by atoms with Gasteiger partial charge in [-0.25, -0.2) is 9.67 Å². The van der Waals surface area contributed by atoms with Crippen LogP contribution in [0.2, 0.25) is 0 Å². The van der Waals surface area contributed by atoms with Gasteiger partial charge in [-0.1, -0.05) is 13.3 Å². The first-order chi connectivity index (χ1) is 10.8. The minimum atomic E-state index is 0.0624. The van der Waals surface area contributed by atoms with Crippen molar-refractivity contribution >= 4 is 11.3 Å². The Bertz CT molecular complexity index is 598. The van der Waals surface area contributed by atoms with E-state index < -0.39 is 0 Å². The van der Waals surface area contributed by atoms with E-state index in [4.69, 9.17) is 4.74 Å². The Morgan fingerprint density at radius 1 is 1.45 bits per heavy atom. The number of tetrazole rings is 1. The maximum atomic E-state index is 5.87. The Hall–Kier alpha value is -1.38. The van der Waals surface area contributed by atoms with Crippen LogP contribution in [-0.4, -0.2) is 49.8 Å². The van der Waals surface area contributed by atoms with Crippen molar-refractivity contribution in [3.05, 3.63) is 21.9 Å². The van der Waals surface area contributed by atoms with Crippen LogP contribution in [0.3, 0.4) is 0 Å². The molecular weight excluding hydrogens is 300 g/mol. The molecule has 1 saturated heterocycles. The largest absolute Gasteiger partial charge is 0.368 e. The highest BCUT2D eigenvalue weighted by Gasteiger charge is 2.25. The third-order valence-corrected chi connectivity index (χ3v) is 4.81. The molecule has 1 aliphatic rings. The van der Waals surface area contributed by atoms with Gasteiger partial charge in [-0.05, 0) is 23.8 Å².